The van der Waals surface area contributed by atoms with Crippen molar-refractivity contribution < 1.29 is 27.8 Å². The molecule has 4 rings (SSSR count). The molecule has 0 fully saturated rings. The van der Waals surface area contributed by atoms with E-state index in [0.29, 0.717) is 54.9 Å². The highest BCUT2D eigenvalue weighted by atomic mass is 35.5. The lowest BCUT2D eigenvalue weighted by molar-refractivity contribution is -0.142. The van der Waals surface area contributed by atoms with Crippen molar-refractivity contribution in [1.29, 1.82) is 0 Å². The fourth-order valence-electron chi connectivity index (χ4n) is 4.50. The van der Waals surface area contributed by atoms with E-state index in [1.807, 2.05) is 36.2 Å². The van der Waals surface area contributed by atoms with Crippen LogP contribution in [0.1, 0.15) is 30.7 Å². The molecular weight excluding hydrogens is 578 g/mol. The van der Waals surface area contributed by atoms with Crippen LogP contribution >= 0.6 is 11.6 Å². The van der Waals surface area contributed by atoms with Gasteiger partial charge in [0, 0.05) is 42.2 Å². The van der Waals surface area contributed by atoms with E-state index in [2.05, 4.69) is 10.4 Å². The first-order valence-corrected chi connectivity index (χ1v) is 14.2. The normalized spacial score (nSPS) is 11.9. The van der Waals surface area contributed by atoms with Crippen molar-refractivity contribution in [2.24, 2.45) is 0 Å². The van der Waals surface area contributed by atoms with Gasteiger partial charge in [0.15, 0.2) is 0 Å². The molecule has 4 aromatic rings. The Hall–Kier alpha value is -4.12. The number of benzene rings is 3. The fraction of sp³-hybridized carbons (Fsp3) is 0.281. The minimum atomic E-state index is -0.694. The van der Waals surface area contributed by atoms with Gasteiger partial charge in [0.1, 0.15) is 30.8 Å². The number of rotatable bonds is 15. The van der Waals surface area contributed by atoms with Crippen LogP contribution in [-0.2, 0) is 25.5 Å². The van der Waals surface area contributed by atoms with Crippen molar-refractivity contribution in [3.63, 3.8) is 0 Å². The molecule has 0 saturated heterocycles. The van der Waals surface area contributed by atoms with Crippen LogP contribution in [0.25, 0.3) is 16.9 Å². The van der Waals surface area contributed by atoms with Gasteiger partial charge in [-0.2, -0.15) is 5.10 Å². The molecule has 43 heavy (non-hydrogen) atoms. The molecule has 11 heteroatoms. The van der Waals surface area contributed by atoms with Crippen LogP contribution in [0.3, 0.4) is 0 Å². The number of aldehydes is 1. The summed E-state index contributed by atoms with van der Waals surface area (Å²) in [5.74, 6) is -1.23. The molecule has 0 spiro atoms. The highest BCUT2D eigenvalue weighted by molar-refractivity contribution is 6.30. The van der Waals surface area contributed by atoms with E-state index in [1.54, 1.807) is 31.3 Å². The minimum absolute atomic E-state index is 0.0118. The maximum atomic E-state index is 14.3. The van der Waals surface area contributed by atoms with Crippen LogP contribution < -0.4 is 5.32 Å². The zero-order valence-corrected chi connectivity index (χ0v) is 24.7. The Morgan fingerprint density at radius 3 is 2.53 bits per heavy atom. The van der Waals surface area contributed by atoms with Crippen LogP contribution in [0.5, 0.6) is 0 Å². The molecular formula is C32H33ClF2N4O4. The largest absolute Gasteiger partial charge is 0.466 e. The number of nitrogens with one attached hydrogen (secondary N) is 1. The summed E-state index contributed by atoms with van der Waals surface area (Å²) in [6.45, 7) is 3.01. The van der Waals surface area contributed by atoms with Crippen molar-refractivity contribution in [1.82, 2.24) is 14.7 Å². The molecule has 1 atom stereocenters. The number of aromatic nitrogens is 2. The van der Waals surface area contributed by atoms with Gasteiger partial charge in [0.2, 0.25) is 0 Å². The second-order valence-electron chi connectivity index (χ2n) is 9.74. The Balaban J connectivity index is 1.54. The zero-order valence-electron chi connectivity index (χ0n) is 23.9. The molecule has 0 radical (unpaired) electrons. The molecule has 0 aliphatic carbocycles. The lowest BCUT2D eigenvalue weighted by Crippen LogP contribution is -2.29. The average molecular weight is 611 g/mol. The third-order valence-corrected chi connectivity index (χ3v) is 6.99. The molecule has 8 nitrogen and oxygen atoms in total. The van der Waals surface area contributed by atoms with Gasteiger partial charge in [0.05, 0.1) is 29.4 Å². The molecule has 1 N–H and O–H groups in total. The van der Waals surface area contributed by atoms with Crippen molar-refractivity contribution in [3.8, 4) is 16.9 Å². The number of nitrogens with zero attached hydrogens (tertiary/aromatic N) is 3. The van der Waals surface area contributed by atoms with Gasteiger partial charge in [-0.05, 0) is 74.5 Å². The van der Waals surface area contributed by atoms with Gasteiger partial charge >= 0.3 is 5.97 Å². The molecule has 0 aliphatic heterocycles. The minimum Gasteiger partial charge on any atom is -0.466 e. The number of carbonyl (C=O) groups excluding carboxylic acids is 2. The topological polar surface area (TPSA) is 85.7 Å². The molecule has 0 bridgehead atoms. The lowest BCUT2D eigenvalue weighted by Gasteiger charge is -2.27. The SMILES string of the molecule is CCOC(=O)CCNc1ccc(CCN(C)C(OCC=O)c2cn(-c3ccc(Cl)c(F)c3)nc2-c2ccc(F)cc2)cc1. The number of hydrogen-bond donors (Lipinski definition) is 1. The second kappa shape index (κ2) is 15.4. The summed E-state index contributed by atoms with van der Waals surface area (Å²) in [4.78, 5) is 24.8. The molecule has 0 saturated carbocycles. The quantitative estimate of drug-likeness (QED) is 0.0971. The fourth-order valence-corrected chi connectivity index (χ4v) is 4.62. The monoisotopic (exact) mass is 610 g/mol. The highest BCUT2D eigenvalue weighted by Gasteiger charge is 2.25. The summed E-state index contributed by atoms with van der Waals surface area (Å²) >= 11 is 5.88. The predicted molar refractivity (Wildman–Crippen MR) is 161 cm³/mol. The van der Waals surface area contributed by atoms with Crippen molar-refractivity contribution in [3.05, 3.63) is 101 Å². The third-order valence-electron chi connectivity index (χ3n) is 6.69. The summed E-state index contributed by atoms with van der Waals surface area (Å²) < 4.78 is 40.5. The van der Waals surface area contributed by atoms with E-state index in [9.17, 15) is 18.4 Å². The van der Waals surface area contributed by atoms with Gasteiger partial charge in [-0.3, -0.25) is 9.69 Å². The Bertz CT molecular complexity index is 1510. The predicted octanol–water partition coefficient (Wildman–Crippen LogP) is 6.22. The van der Waals surface area contributed by atoms with E-state index < -0.39 is 17.9 Å². The molecule has 3 aromatic carbocycles. The highest BCUT2D eigenvalue weighted by Crippen LogP contribution is 2.33. The number of halogens is 3. The lowest BCUT2D eigenvalue weighted by atomic mass is 10.1. The number of anilines is 1. The van der Waals surface area contributed by atoms with Gasteiger partial charge in [0.25, 0.3) is 0 Å². The number of likely N-dealkylation sites (N-methyl/N-ethyl adjacent to an activating group) is 1. The first-order chi connectivity index (χ1) is 20.8. The van der Waals surface area contributed by atoms with Crippen LogP contribution in [0, 0.1) is 11.6 Å². The van der Waals surface area contributed by atoms with Gasteiger partial charge in [-0.15, -0.1) is 0 Å². The van der Waals surface area contributed by atoms with E-state index in [-0.39, 0.29) is 24.0 Å². The standard InChI is InChI=1S/C32H33ClF2N4O4/c1-3-42-30(41)14-16-36-25-10-4-22(5-11-25)15-17-38(2)32(43-19-18-40)27-21-39(26-12-13-28(33)29(35)20-26)37-31(27)23-6-8-24(34)9-7-23/h4-13,18,20-21,32,36H,3,14-17,19H2,1-2H3. The van der Waals surface area contributed by atoms with Crippen LogP contribution in [0.4, 0.5) is 14.5 Å². The number of hydrogen-bond acceptors (Lipinski definition) is 7. The van der Waals surface area contributed by atoms with Crippen LogP contribution in [0.2, 0.25) is 5.02 Å². The molecule has 0 aliphatic rings. The first-order valence-electron chi connectivity index (χ1n) is 13.8. The Kier molecular flexibility index (Phi) is 11.4. The molecule has 1 unspecified atom stereocenters. The summed E-state index contributed by atoms with van der Waals surface area (Å²) in [5, 5.41) is 7.89. The van der Waals surface area contributed by atoms with Crippen molar-refractivity contribution in [2.75, 3.05) is 38.7 Å². The summed E-state index contributed by atoms with van der Waals surface area (Å²) in [5.41, 5.74) is 4.14. The summed E-state index contributed by atoms with van der Waals surface area (Å²) in [7, 11) is 1.87. The van der Waals surface area contributed by atoms with Crippen LogP contribution in [0.15, 0.2) is 72.9 Å². The Morgan fingerprint density at radius 2 is 1.86 bits per heavy atom. The molecule has 226 valence electrons. The van der Waals surface area contributed by atoms with E-state index in [0.717, 1.165) is 11.3 Å². The van der Waals surface area contributed by atoms with Crippen molar-refractivity contribution in [2.45, 2.75) is 26.0 Å². The van der Waals surface area contributed by atoms with Crippen molar-refractivity contribution >= 4 is 29.5 Å². The number of ether oxygens (including phenoxy) is 2. The maximum Gasteiger partial charge on any atom is 0.307 e. The molecule has 1 heterocycles. The smallest absolute Gasteiger partial charge is 0.307 e. The summed E-state index contributed by atoms with van der Waals surface area (Å²) in [6, 6.07) is 18.1. The zero-order chi connectivity index (χ0) is 30.8. The number of carbonyl (C=O) groups is 2. The van der Waals surface area contributed by atoms with E-state index in [1.165, 1.54) is 28.9 Å². The van der Waals surface area contributed by atoms with Crippen LogP contribution in [-0.4, -0.2) is 60.3 Å². The van der Waals surface area contributed by atoms with E-state index >= 15 is 0 Å². The summed E-state index contributed by atoms with van der Waals surface area (Å²) in [6.07, 6.45) is 2.64. The number of esters is 1. The Labute approximate surface area is 254 Å². The van der Waals surface area contributed by atoms with Gasteiger partial charge in [-0.1, -0.05) is 23.7 Å². The first kappa shape index (κ1) is 31.8. The van der Waals surface area contributed by atoms with Gasteiger partial charge < -0.3 is 19.6 Å². The molecule has 0 amide bonds. The third kappa shape index (κ3) is 8.70. The van der Waals surface area contributed by atoms with E-state index in [4.69, 9.17) is 21.1 Å². The second-order valence-corrected chi connectivity index (χ2v) is 10.2. The van der Waals surface area contributed by atoms with Gasteiger partial charge in [-0.25, -0.2) is 13.5 Å². The average Bonchev–Trinajstić information content (AvgIpc) is 3.44. The molecule has 1 aromatic heterocycles. The Morgan fingerprint density at radius 1 is 1.12 bits per heavy atom. The maximum absolute atomic E-state index is 14.3.